The molecule has 5 nitrogen and oxygen atoms in total. The summed E-state index contributed by atoms with van der Waals surface area (Å²) in [5.74, 6) is 0.676. The second kappa shape index (κ2) is 7.43. The molecule has 0 aliphatic carbocycles. The van der Waals surface area contributed by atoms with E-state index in [4.69, 9.17) is 9.15 Å². The molecule has 0 N–H and O–H groups in total. The van der Waals surface area contributed by atoms with Gasteiger partial charge in [0.25, 0.3) is 11.1 Å². The van der Waals surface area contributed by atoms with E-state index in [-0.39, 0.29) is 5.75 Å². The predicted molar refractivity (Wildman–Crippen MR) is 98.9 cm³/mol. The highest BCUT2D eigenvalue weighted by molar-refractivity contribution is 7.98. The molecule has 2 aromatic carbocycles. The molecule has 0 amide bonds. The topological polar surface area (TPSA) is 61.0 Å². The summed E-state index contributed by atoms with van der Waals surface area (Å²) in [5.41, 5.74) is 0.992. The van der Waals surface area contributed by atoms with Crippen LogP contribution in [0.15, 0.2) is 58.2 Å². The van der Waals surface area contributed by atoms with E-state index in [1.807, 2.05) is 24.3 Å². The lowest BCUT2D eigenvalue weighted by atomic mass is 10.3. The molecule has 132 valence electrons. The van der Waals surface area contributed by atoms with Gasteiger partial charge in [0.2, 0.25) is 0 Å². The van der Waals surface area contributed by atoms with Crippen LogP contribution in [0, 0.1) is 5.82 Å². The van der Waals surface area contributed by atoms with Crippen molar-refractivity contribution >= 4 is 33.3 Å². The highest BCUT2D eigenvalue weighted by Crippen LogP contribution is 2.29. The van der Waals surface area contributed by atoms with E-state index in [0.717, 1.165) is 15.2 Å². The normalized spacial score (nSPS) is 12.4. The maximum Gasteiger partial charge on any atom is 0.277 e. The Morgan fingerprint density at radius 3 is 2.81 bits per heavy atom. The number of ether oxygens (including phenoxy) is 1. The van der Waals surface area contributed by atoms with Crippen molar-refractivity contribution in [1.29, 1.82) is 0 Å². The van der Waals surface area contributed by atoms with Crippen LogP contribution in [0.1, 0.15) is 23.9 Å². The summed E-state index contributed by atoms with van der Waals surface area (Å²) in [4.78, 5) is 4.58. The quantitative estimate of drug-likeness (QED) is 0.421. The minimum absolute atomic E-state index is 0.155. The number of para-hydroxylation sites is 2. The summed E-state index contributed by atoms with van der Waals surface area (Å²) in [6.07, 6.45) is -0.545. The zero-order valence-corrected chi connectivity index (χ0v) is 15.4. The van der Waals surface area contributed by atoms with Crippen LogP contribution in [0.25, 0.3) is 10.2 Å². The standard InChI is InChI=1S/C18H14FN3O2S2/c1-11(23-14-8-4-2-6-12(14)19)17-21-22-18(24-17)25-10-16-20-13-7-3-5-9-15(13)26-16/h2-9,11H,10H2,1H3/t11-/m1/s1. The van der Waals surface area contributed by atoms with Crippen molar-refractivity contribution < 1.29 is 13.5 Å². The van der Waals surface area contributed by atoms with Crippen LogP contribution in [0.2, 0.25) is 0 Å². The zero-order valence-electron chi connectivity index (χ0n) is 13.8. The minimum Gasteiger partial charge on any atom is -0.478 e. The van der Waals surface area contributed by atoms with Crippen molar-refractivity contribution in [2.75, 3.05) is 0 Å². The molecule has 0 aliphatic heterocycles. The number of thioether (sulfide) groups is 1. The van der Waals surface area contributed by atoms with E-state index in [0.29, 0.717) is 16.9 Å². The van der Waals surface area contributed by atoms with Gasteiger partial charge in [0.1, 0.15) is 5.01 Å². The molecular weight excluding hydrogens is 373 g/mol. The third kappa shape index (κ3) is 3.71. The molecule has 0 bridgehead atoms. The Morgan fingerprint density at radius 1 is 1.15 bits per heavy atom. The SMILES string of the molecule is C[C@@H](Oc1ccccc1F)c1nnc(SCc2nc3ccccc3s2)o1. The van der Waals surface area contributed by atoms with E-state index in [1.165, 1.54) is 17.8 Å². The van der Waals surface area contributed by atoms with Crippen molar-refractivity contribution in [2.24, 2.45) is 0 Å². The van der Waals surface area contributed by atoms with Gasteiger partial charge >= 0.3 is 0 Å². The fraction of sp³-hybridized carbons (Fsp3) is 0.167. The van der Waals surface area contributed by atoms with Crippen molar-refractivity contribution in [3.63, 3.8) is 0 Å². The Kier molecular flexibility index (Phi) is 4.85. The molecule has 0 radical (unpaired) electrons. The van der Waals surface area contributed by atoms with Crippen LogP contribution >= 0.6 is 23.1 Å². The molecule has 0 fully saturated rings. The van der Waals surface area contributed by atoms with Crippen LogP contribution in [0.3, 0.4) is 0 Å². The Hall–Kier alpha value is -2.45. The molecule has 0 spiro atoms. The predicted octanol–water partition coefficient (Wildman–Crippen LogP) is 5.25. The second-order valence-corrected chi connectivity index (χ2v) is 7.50. The monoisotopic (exact) mass is 387 g/mol. The number of thiazole rings is 1. The Labute approximate surface area is 157 Å². The first-order valence-electron chi connectivity index (χ1n) is 7.91. The molecule has 0 saturated heterocycles. The van der Waals surface area contributed by atoms with Gasteiger partial charge in [-0.2, -0.15) is 0 Å². The maximum atomic E-state index is 13.7. The summed E-state index contributed by atoms with van der Waals surface area (Å²) in [6.45, 7) is 1.74. The Bertz CT molecular complexity index is 1000. The molecule has 4 aromatic rings. The number of aromatic nitrogens is 3. The number of fused-ring (bicyclic) bond motifs is 1. The molecule has 0 saturated carbocycles. The molecule has 8 heteroatoms. The fourth-order valence-electron chi connectivity index (χ4n) is 2.33. The van der Waals surface area contributed by atoms with Gasteiger partial charge in [-0.1, -0.05) is 36.0 Å². The fourth-order valence-corrected chi connectivity index (χ4v) is 4.06. The maximum absolute atomic E-state index is 13.7. The number of nitrogens with zero attached hydrogens (tertiary/aromatic N) is 3. The van der Waals surface area contributed by atoms with Crippen molar-refractivity contribution in [3.05, 3.63) is 65.2 Å². The van der Waals surface area contributed by atoms with Gasteiger partial charge in [-0.25, -0.2) is 9.37 Å². The molecular formula is C18H14FN3O2S2. The summed E-state index contributed by atoms with van der Waals surface area (Å²) < 4.78 is 26.0. The molecule has 26 heavy (non-hydrogen) atoms. The zero-order chi connectivity index (χ0) is 17.9. The summed E-state index contributed by atoms with van der Waals surface area (Å²) >= 11 is 3.06. The lowest BCUT2D eigenvalue weighted by Gasteiger charge is -2.11. The van der Waals surface area contributed by atoms with Crippen LogP contribution in [0.4, 0.5) is 4.39 Å². The van der Waals surface area contributed by atoms with Crippen LogP contribution in [-0.2, 0) is 5.75 Å². The average Bonchev–Trinajstić information content (AvgIpc) is 3.28. The van der Waals surface area contributed by atoms with Crippen LogP contribution in [-0.4, -0.2) is 15.2 Å². The van der Waals surface area contributed by atoms with Crippen molar-refractivity contribution in [1.82, 2.24) is 15.2 Å². The van der Waals surface area contributed by atoms with E-state index in [9.17, 15) is 4.39 Å². The Morgan fingerprint density at radius 2 is 1.96 bits per heavy atom. The number of rotatable bonds is 6. The average molecular weight is 387 g/mol. The molecule has 2 aromatic heterocycles. The van der Waals surface area contributed by atoms with Crippen molar-refractivity contribution in [2.45, 2.75) is 24.0 Å². The first-order valence-corrected chi connectivity index (χ1v) is 9.71. The Balaban J connectivity index is 1.40. The minimum atomic E-state index is -0.545. The number of hydrogen-bond donors (Lipinski definition) is 0. The highest BCUT2D eigenvalue weighted by atomic mass is 32.2. The second-order valence-electron chi connectivity index (χ2n) is 5.46. The first kappa shape index (κ1) is 17.0. The number of hydrogen-bond acceptors (Lipinski definition) is 7. The molecule has 1 atom stereocenters. The molecule has 0 aliphatic rings. The smallest absolute Gasteiger partial charge is 0.277 e. The first-order chi connectivity index (χ1) is 12.7. The van der Waals surface area contributed by atoms with Crippen molar-refractivity contribution in [3.8, 4) is 5.75 Å². The number of halogens is 1. The van der Waals surface area contributed by atoms with E-state index in [2.05, 4.69) is 15.2 Å². The van der Waals surface area contributed by atoms with E-state index in [1.54, 1.807) is 36.5 Å². The third-order valence-electron chi connectivity index (χ3n) is 3.57. The van der Waals surface area contributed by atoms with Crippen LogP contribution in [0.5, 0.6) is 5.75 Å². The van der Waals surface area contributed by atoms with Gasteiger partial charge in [-0.3, -0.25) is 0 Å². The van der Waals surface area contributed by atoms with Crippen LogP contribution < -0.4 is 4.74 Å². The lowest BCUT2D eigenvalue weighted by molar-refractivity contribution is 0.174. The number of benzene rings is 2. The van der Waals surface area contributed by atoms with Gasteiger partial charge in [-0.05, 0) is 31.2 Å². The third-order valence-corrected chi connectivity index (χ3v) is 5.62. The molecule has 4 rings (SSSR count). The van der Waals surface area contributed by atoms with Gasteiger partial charge in [0, 0.05) is 0 Å². The van der Waals surface area contributed by atoms with E-state index < -0.39 is 11.9 Å². The summed E-state index contributed by atoms with van der Waals surface area (Å²) in [6, 6.07) is 14.2. The van der Waals surface area contributed by atoms with E-state index >= 15 is 0 Å². The largest absolute Gasteiger partial charge is 0.478 e. The van der Waals surface area contributed by atoms with Gasteiger partial charge in [0.05, 0.1) is 16.0 Å². The lowest BCUT2D eigenvalue weighted by Crippen LogP contribution is -2.04. The van der Waals surface area contributed by atoms with Gasteiger partial charge in [0.15, 0.2) is 17.7 Å². The summed E-state index contributed by atoms with van der Waals surface area (Å²) in [5, 5.41) is 9.44. The molecule has 0 unspecified atom stereocenters. The summed E-state index contributed by atoms with van der Waals surface area (Å²) in [7, 11) is 0. The van der Waals surface area contributed by atoms with Gasteiger partial charge < -0.3 is 9.15 Å². The van der Waals surface area contributed by atoms with Gasteiger partial charge in [-0.15, -0.1) is 21.5 Å². The highest BCUT2D eigenvalue weighted by Gasteiger charge is 2.18. The molecule has 2 heterocycles.